The van der Waals surface area contributed by atoms with E-state index in [1.165, 1.54) is 6.92 Å². The van der Waals surface area contributed by atoms with Crippen molar-refractivity contribution in [1.29, 1.82) is 0 Å². The molecule has 0 aliphatic heterocycles. The van der Waals surface area contributed by atoms with Crippen molar-refractivity contribution in [3.8, 4) is 0 Å². The van der Waals surface area contributed by atoms with Crippen LogP contribution >= 0.6 is 0 Å². The Hall–Kier alpha value is -0.990. The highest BCUT2D eigenvalue weighted by atomic mass is 19.4. The number of rotatable bonds is 3. The van der Waals surface area contributed by atoms with Gasteiger partial charge in [-0.05, 0) is 30.4 Å². The third kappa shape index (κ3) is 3.54. The van der Waals surface area contributed by atoms with Gasteiger partial charge >= 0.3 is 6.18 Å². The molecule has 0 aliphatic rings. The van der Waals surface area contributed by atoms with E-state index in [-0.39, 0.29) is 0 Å². The summed E-state index contributed by atoms with van der Waals surface area (Å²) in [5, 5.41) is 0. The van der Waals surface area contributed by atoms with Crippen molar-refractivity contribution < 1.29 is 13.2 Å². The highest BCUT2D eigenvalue weighted by Gasteiger charge is 2.36. The van der Waals surface area contributed by atoms with Crippen LogP contribution in [0.1, 0.15) is 37.8 Å². The number of hydrogen-bond acceptors (Lipinski definition) is 0. The third-order valence-electron chi connectivity index (χ3n) is 2.61. The molecule has 0 heterocycles. The molecule has 0 amide bonds. The van der Waals surface area contributed by atoms with E-state index in [4.69, 9.17) is 0 Å². The molecule has 0 nitrogen and oxygen atoms in total. The lowest BCUT2D eigenvalue weighted by Gasteiger charge is -2.16. The van der Waals surface area contributed by atoms with Crippen molar-refractivity contribution in [1.82, 2.24) is 0 Å². The van der Waals surface area contributed by atoms with Crippen LogP contribution in [0.15, 0.2) is 24.3 Å². The first-order chi connectivity index (χ1) is 7.30. The van der Waals surface area contributed by atoms with Crippen LogP contribution in [0.5, 0.6) is 0 Å². The van der Waals surface area contributed by atoms with Crippen molar-refractivity contribution >= 4 is 0 Å². The van der Waals surface area contributed by atoms with Crippen LogP contribution < -0.4 is 0 Å². The Bertz CT molecular complexity index is 322. The van der Waals surface area contributed by atoms with E-state index in [1.54, 1.807) is 24.3 Å². The summed E-state index contributed by atoms with van der Waals surface area (Å²) in [5.41, 5.74) is 1.42. The maximum atomic E-state index is 12.4. The first-order valence-corrected chi connectivity index (χ1v) is 5.46. The highest BCUT2D eigenvalue weighted by Crippen LogP contribution is 2.34. The Morgan fingerprint density at radius 1 is 1.00 bits per heavy atom. The van der Waals surface area contributed by atoms with Gasteiger partial charge in [-0.15, -0.1) is 0 Å². The quantitative estimate of drug-likeness (QED) is 0.714. The Labute approximate surface area is 94.5 Å². The molecule has 90 valence electrons. The van der Waals surface area contributed by atoms with E-state index in [2.05, 4.69) is 13.8 Å². The summed E-state index contributed by atoms with van der Waals surface area (Å²) in [7, 11) is 0. The molecule has 0 fully saturated rings. The standard InChI is InChI=1S/C13H17F3/c1-9(2)8-11-4-6-12(7-5-11)10(3)13(14,15)16/h4-7,9-10H,8H2,1-3H3/t10-/m1/s1. The highest BCUT2D eigenvalue weighted by molar-refractivity contribution is 5.26. The van der Waals surface area contributed by atoms with Crippen LogP contribution in [0, 0.1) is 5.92 Å². The molecule has 0 radical (unpaired) electrons. The van der Waals surface area contributed by atoms with Crippen LogP contribution in [0.25, 0.3) is 0 Å². The van der Waals surface area contributed by atoms with E-state index in [9.17, 15) is 13.2 Å². The SMILES string of the molecule is CC(C)Cc1ccc([C@@H](C)C(F)(F)F)cc1. The van der Waals surface area contributed by atoms with E-state index in [0.29, 0.717) is 11.5 Å². The molecule has 1 atom stereocenters. The van der Waals surface area contributed by atoms with Gasteiger partial charge in [0.05, 0.1) is 5.92 Å². The lowest BCUT2D eigenvalue weighted by atomic mass is 9.96. The minimum Gasteiger partial charge on any atom is -0.170 e. The van der Waals surface area contributed by atoms with Crippen LogP contribution in [-0.4, -0.2) is 6.18 Å². The topological polar surface area (TPSA) is 0 Å². The fraction of sp³-hybridized carbons (Fsp3) is 0.538. The molecule has 1 aromatic rings. The number of benzene rings is 1. The van der Waals surface area contributed by atoms with E-state index >= 15 is 0 Å². The molecular formula is C13H17F3. The normalized spacial score (nSPS) is 14.2. The molecule has 0 saturated carbocycles. The zero-order valence-electron chi connectivity index (χ0n) is 9.81. The van der Waals surface area contributed by atoms with E-state index in [0.717, 1.165) is 12.0 Å². The molecule has 1 aromatic carbocycles. The maximum Gasteiger partial charge on any atom is 0.395 e. The van der Waals surface area contributed by atoms with Gasteiger partial charge in [0.25, 0.3) is 0 Å². The van der Waals surface area contributed by atoms with Crippen molar-refractivity contribution in [2.45, 2.75) is 39.3 Å². The summed E-state index contributed by atoms with van der Waals surface area (Å²) in [6, 6.07) is 6.74. The summed E-state index contributed by atoms with van der Waals surface area (Å²) in [4.78, 5) is 0. The van der Waals surface area contributed by atoms with Gasteiger partial charge in [0.2, 0.25) is 0 Å². The van der Waals surface area contributed by atoms with Gasteiger partial charge in [-0.2, -0.15) is 13.2 Å². The Balaban J connectivity index is 2.79. The van der Waals surface area contributed by atoms with Gasteiger partial charge < -0.3 is 0 Å². The van der Waals surface area contributed by atoms with Crippen molar-refractivity contribution in [2.24, 2.45) is 5.92 Å². The molecule has 0 aromatic heterocycles. The molecule has 0 bridgehead atoms. The first kappa shape index (κ1) is 13.1. The largest absolute Gasteiger partial charge is 0.395 e. The summed E-state index contributed by atoms with van der Waals surface area (Å²) < 4.78 is 37.3. The second-order valence-corrected chi connectivity index (χ2v) is 4.60. The Kier molecular flexibility index (Phi) is 4.00. The summed E-state index contributed by atoms with van der Waals surface area (Å²) in [5.74, 6) is -0.869. The van der Waals surface area contributed by atoms with Gasteiger partial charge in [0.15, 0.2) is 0 Å². The monoisotopic (exact) mass is 230 g/mol. The molecule has 0 N–H and O–H groups in total. The lowest BCUT2D eigenvalue weighted by molar-refractivity contribution is -0.146. The fourth-order valence-electron chi connectivity index (χ4n) is 1.60. The molecule has 16 heavy (non-hydrogen) atoms. The molecule has 0 unspecified atom stereocenters. The molecular weight excluding hydrogens is 213 g/mol. The first-order valence-electron chi connectivity index (χ1n) is 5.46. The minimum absolute atomic E-state index is 0.333. The Morgan fingerprint density at radius 3 is 1.88 bits per heavy atom. The number of alkyl halides is 3. The molecule has 0 saturated heterocycles. The average Bonchev–Trinajstić information content (AvgIpc) is 2.15. The summed E-state index contributed by atoms with van der Waals surface area (Å²) in [6.45, 7) is 5.37. The molecule has 0 spiro atoms. The molecule has 1 rings (SSSR count). The van der Waals surface area contributed by atoms with E-state index in [1.807, 2.05) is 0 Å². The fourth-order valence-corrected chi connectivity index (χ4v) is 1.60. The predicted molar refractivity (Wildman–Crippen MR) is 59.5 cm³/mol. The number of hydrogen-bond donors (Lipinski definition) is 0. The average molecular weight is 230 g/mol. The predicted octanol–water partition coefficient (Wildman–Crippen LogP) is 4.55. The van der Waals surface area contributed by atoms with Gasteiger partial charge in [0, 0.05) is 0 Å². The second kappa shape index (κ2) is 4.89. The van der Waals surface area contributed by atoms with Crippen molar-refractivity contribution in [2.75, 3.05) is 0 Å². The van der Waals surface area contributed by atoms with Gasteiger partial charge in [0.1, 0.15) is 0 Å². The van der Waals surface area contributed by atoms with Gasteiger partial charge in [-0.1, -0.05) is 38.1 Å². The van der Waals surface area contributed by atoms with Crippen LogP contribution in [-0.2, 0) is 6.42 Å². The third-order valence-corrected chi connectivity index (χ3v) is 2.61. The summed E-state index contributed by atoms with van der Waals surface area (Å²) in [6.07, 6.45) is -3.25. The zero-order valence-corrected chi connectivity index (χ0v) is 9.81. The van der Waals surface area contributed by atoms with Crippen molar-refractivity contribution in [3.63, 3.8) is 0 Å². The number of halogens is 3. The summed E-state index contributed by atoms with van der Waals surface area (Å²) >= 11 is 0. The smallest absolute Gasteiger partial charge is 0.170 e. The second-order valence-electron chi connectivity index (χ2n) is 4.60. The minimum atomic E-state index is -4.15. The van der Waals surface area contributed by atoms with Crippen LogP contribution in [0.4, 0.5) is 13.2 Å². The van der Waals surface area contributed by atoms with Crippen LogP contribution in [0.3, 0.4) is 0 Å². The van der Waals surface area contributed by atoms with E-state index < -0.39 is 12.1 Å². The van der Waals surface area contributed by atoms with Crippen molar-refractivity contribution in [3.05, 3.63) is 35.4 Å². The molecule has 3 heteroatoms. The maximum absolute atomic E-state index is 12.4. The Morgan fingerprint density at radius 2 is 1.50 bits per heavy atom. The zero-order chi connectivity index (χ0) is 12.3. The van der Waals surface area contributed by atoms with Gasteiger partial charge in [-0.25, -0.2) is 0 Å². The van der Waals surface area contributed by atoms with Gasteiger partial charge in [-0.3, -0.25) is 0 Å². The molecule has 0 aliphatic carbocycles. The lowest BCUT2D eigenvalue weighted by Crippen LogP contribution is -2.17. The van der Waals surface area contributed by atoms with Crippen LogP contribution in [0.2, 0.25) is 0 Å².